The lowest BCUT2D eigenvalue weighted by molar-refractivity contribution is 0.164. The summed E-state index contributed by atoms with van der Waals surface area (Å²) in [6.07, 6.45) is 2.72. The van der Waals surface area contributed by atoms with Crippen molar-refractivity contribution in [2.24, 2.45) is 0 Å². The summed E-state index contributed by atoms with van der Waals surface area (Å²) in [5.41, 5.74) is 0. The van der Waals surface area contributed by atoms with Crippen molar-refractivity contribution in [3.63, 3.8) is 0 Å². The normalized spacial score (nSPS) is 15.4. The maximum Gasteiger partial charge on any atom is 0.120 e. The van der Waals surface area contributed by atoms with E-state index in [4.69, 9.17) is 9.15 Å². The summed E-state index contributed by atoms with van der Waals surface area (Å²) in [7, 11) is 1.71. The maximum absolute atomic E-state index is 5.36. The van der Waals surface area contributed by atoms with E-state index in [1.54, 1.807) is 13.4 Å². The molecule has 0 saturated carbocycles. The van der Waals surface area contributed by atoms with E-state index in [2.05, 4.69) is 19.2 Å². The molecule has 0 saturated heterocycles. The van der Waals surface area contributed by atoms with Gasteiger partial charge in [0.1, 0.15) is 5.76 Å². The minimum atomic E-state index is 0.287. The van der Waals surface area contributed by atoms with E-state index < -0.39 is 0 Å². The molecule has 0 spiro atoms. The molecule has 1 rings (SSSR count). The zero-order valence-corrected chi connectivity index (χ0v) is 9.12. The molecule has 0 fully saturated rings. The fourth-order valence-electron chi connectivity index (χ4n) is 1.53. The second-order valence-corrected chi connectivity index (χ2v) is 3.50. The standard InChI is InChI=1S/C11H19NO2/c1-4-10(11-6-5-7-14-11)12-9(2)8-13-3/h5-7,9-10,12H,4,8H2,1-3H3. The molecule has 80 valence electrons. The Morgan fingerprint density at radius 2 is 2.36 bits per heavy atom. The molecule has 0 aliphatic carbocycles. The van der Waals surface area contributed by atoms with Crippen LogP contribution in [-0.2, 0) is 4.74 Å². The highest BCUT2D eigenvalue weighted by atomic mass is 16.5. The van der Waals surface area contributed by atoms with Crippen LogP contribution in [0.4, 0.5) is 0 Å². The van der Waals surface area contributed by atoms with Crippen molar-refractivity contribution in [1.29, 1.82) is 0 Å². The first-order chi connectivity index (χ1) is 6.77. The van der Waals surface area contributed by atoms with Crippen LogP contribution in [0.5, 0.6) is 0 Å². The van der Waals surface area contributed by atoms with Crippen molar-refractivity contribution in [3.05, 3.63) is 24.2 Å². The fourth-order valence-corrected chi connectivity index (χ4v) is 1.53. The summed E-state index contributed by atoms with van der Waals surface area (Å²) in [4.78, 5) is 0. The number of nitrogens with one attached hydrogen (secondary N) is 1. The lowest BCUT2D eigenvalue weighted by Gasteiger charge is -2.19. The van der Waals surface area contributed by atoms with Gasteiger partial charge in [-0.1, -0.05) is 6.92 Å². The maximum atomic E-state index is 5.36. The van der Waals surface area contributed by atoms with E-state index in [9.17, 15) is 0 Å². The fraction of sp³-hybridized carbons (Fsp3) is 0.636. The van der Waals surface area contributed by atoms with E-state index >= 15 is 0 Å². The summed E-state index contributed by atoms with van der Waals surface area (Å²) in [6.45, 7) is 4.96. The lowest BCUT2D eigenvalue weighted by Crippen LogP contribution is -2.33. The molecule has 1 heterocycles. The molecule has 14 heavy (non-hydrogen) atoms. The lowest BCUT2D eigenvalue weighted by atomic mass is 10.1. The Hall–Kier alpha value is -0.800. The van der Waals surface area contributed by atoms with E-state index in [0.717, 1.165) is 18.8 Å². The Kier molecular flexibility index (Phi) is 4.70. The third-order valence-electron chi connectivity index (χ3n) is 2.20. The predicted molar refractivity (Wildman–Crippen MR) is 56.2 cm³/mol. The van der Waals surface area contributed by atoms with Crippen molar-refractivity contribution in [1.82, 2.24) is 5.32 Å². The van der Waals surface area contributed by atoms with Crippen molar-refractivity contribution in [3.8, 4) is 0 Å². The highest BCUT2D eigenvalue weighted by Crippen LogP contribution is 2.17. The van der Waals surface area contributed by atoms with Gasteiger partial charge in [0.15, 0.2) is 0 Å². The zero-order chi connectivity index (χ0) is 10.4. The highest BCUT2D eigenvalue weighted by Gasteiger charge is 2.14. The molecule has 0 radical (unpaired) electrons. The van der Waals surface area contributed by atoms with Gasteiger partial charge in [0.05, 0.1) is 18.9 Å². The minimum absolute atomic E-state index is 0.287. The van der Waals surface area contributed by atoms with Crippen LogP contribution in [0.1, 0.15) is 32.1 Å². The van der Waals surface area contributed by atoms with E-state index in [1.807, 2.05) is 12.1 Å². The van der Waals surface area contributed by atoms with Gasteiger partial charge in [-0.15, -0.1) is 0 Å². The van der Waals surface area contributed by atoms with Crippen molar-refractivity contribution in [2.75, 3.05) is 13.7 Å². The third-order valence-corrected chi connectivity index (χ3v) is 2.20. The minimum Gasteiger partial charge on any atom is -0.468 e. The second-order valence-electron chi connectivity index (χ2n) is 3.50. The van der Waals surface area contributed by atoms with Crippen LogP contribution in [0.15, 0.2) is 22.8 Å². The van der Waals surface area contributed by atoms with Crippen molar-refractivity contribution < 1.29 is 9.15 Å². The van der Waals surface area contributed by atoms with Crippen LogP contribution in [0.2, 0.25) is 0 Å². The Morgan fingerprint density at radius 1 is 1.57 bits per heavy atom. The molecule has 0 aliphatic heterocycles. The Labute approximate surface area is 85.4 Å². The first-order valence-electron chi connectivity index (χ1n) is 5.06. The van der Waals surface area contributed by atoms with Crippen LogP contribution in [-0.4, -0.2) is 19.8 Å². The van der Waals surface area contributed by atoms with Gasteiger partial charge in [0.25, 0.3) is 0 Å². The number of furan rings is 1. The highest BCUT2D eigenvalue weighted by molar-refractivity contribution is 5.04. The molecule has 0 aromatic carbocycles. The van der Waals surface area contributed by atoms with Crippen LogP contribution in [0, 0.1) is 0 Å². The van der Waals surface area contributed by atoms with Gasteiger partial charge in [-0.2, -0.15) is 0 Å². The first kappa shape index (κ1) is 11.3. The van der Waals surface area contributed by atoms with Gasteiger partial charge in [0.2, 0.25) is 0 Å². The smallest absolute Gasteiger partial charge is 0.120 e. The molecular formula is C11H19NO2. The Bertz CT molecular complexity index is 233. The molecule has 3 heteroatoms. The molecule has 0 amide bonds. The van der Waals surface area contributed by atoms with Crippen LogP contribution >= 0.6 is 0 Å². The molecule has 2 unspecified atom stereocenters. The van der Waals surface area contributed by atoms with E-state index in [0.29, 0.717) is 6.04 Å². The number of ether oxygens (including phenoxy) is 1. The molecule has 1 N–H and O–H groups in total. The average molecular weight is 197 g/mol. The summed E-state index contributed by atoms with van der Waals surface area (Å²) in [5, 5.41) is 3.45. The van der Waals surface area contributed by atoms with E-state index in [-0.39, 0.29) is 6.04 Å². The Balaban J connectivity index is 2.47. The first-order valence-corrected chi connectivity index (χ1v) is 5.06. The van der Waals surface area contributed by atoms with E-state index in [1.165, 1.54) is 0 Å². The molecule has 3 nitrogen and oxygen atoms in total. The van der Waals surface area contributed by atoms with Crippen LogP contribution in [0.25, 0.3) is 0 Å². The van der Waals surface area contributed by atoms with Gasteiger partial charge in [0, 0.05) is 13.2 Å². The van der Waals surface area contributed by atoms with Gasteiger partial charge >= 0.3 is 0 Å². The summed E-state index contributed by atoms with van der Waals surface area (Å²) >= 11 is 0. The molecule has 2 atom stereocenters. The summed E-state index contributed by atoms with van der Waals surface area (Å²) in [6, 6.07) is 4.55. The van der Waals surface area contributed by atoms with Gasteiger partial charge in [-0.05, 0) is 25.5 Å². The van der Waals surface area contributed by atoms with Crippen molar-refractivity contribution in [2.45, 2.75) is 32.4 Å². The summed E-state index contributed by atoms with van der Waals surface area (Å²) in [5.74, 6) is 0.996. The second kappa shape index (κ2) is 5.83. The number of methoxy groups -OCH3 is 1. The van der Waals surface area contributed by atoms with Crippen LogP contribution in [0.3, 0.4) is 0 Å². The number of hydrogen-bond acceptors (Lipinski definition) is 3. The van der Waals surface area contributed by atoms with Crippen LogP contribution < -0.4 is 5.32 Å². The number of hydrogen-bond donors (Lipinski definition) is 1. The number of rotatable bonds is 6. The zero-order valence-electron chi connectivity index (χ0n) is 9.12. The van der Waals surface area contributed by atoms with Gasteiger partial charge in [-0.25, -0.2) is 0 Å². The molecule has 0 aliphatic rings. The van der Waals surface area contributed by atoms with Gasteiger partial charge in [-0.3, -0.25) is 0 Å². The molecule has 0 bridgehead atoms. The molecular weight excluding hydrogens is 178 g/mol. The average Bonchev–Trinajstić information content (AvgIpc) is 2.67. The third kappa shape index (κ3) is 3.16. The SMILES string of the molecule is CCC(NC(C)COC)c1ccco1. The van der Waals surface area contributed by atoms with Crippen molar-refractivity contribution >= 4 is 0 Å². The monoisotopic (exact) mass is 197 g/mol. The molecule has 1 aromatic heterocycles. The van der Waals surface area contributed by atoms with Gasteiger partial charge < -0.3 is 14.5 Å². The molecule has 1 aromatic rings. The quantitative estimate of drug-likeness (QED) is 0.760. The predicted octanol–water partition coefficient (Wildman–Crippen LogP) is 2.36. The Morgan fingerprint density at radius 3 is 2.86 bits per heavy atom. The summed E-state index contributed by atoms with van der Waals surface area (Å²) < 4.78 is 10.4. The topological polar surface area (TPSA) is 34.4 Å². The largest absolute Gasteiger partial charge is 0.468 e.